The Morgan fingerprint density at radius 1 is 0.963 bits per heavy atom. The number of carbonyl (C=O) groups excluding carboxylic acids is 3. The zero-order valence-corrected chi connectivity index (χ0v) is 15.0. The fraction of sp³-hybridized carbons (Fsp3) is 0.286. The first kappa shape index (κ1) is 17.3. The standard InChI is InChI=1S/C21H20N2O4/c1-22-20(26)17-7-4-15(12-18(17)21(22)27)19(25)23-10-8-14(9-11-23)13-2-5-16(24)6-3-13/h2-7,12,14,24H,8-11H2,1H3. The summed E-state index contributed by atoms with van der Waals surface area (Å²) in [7, 11) is 1.44. The maximum atomic E-state index is 12.8. The number of nitrogens with zero attached hydrogens (tertiary/aromatic N) is 2. The molecule has 2 aromatic carbocycles. The van der Waals surface area contributed by atoms with E-state index in [1.807, 2.05) is 12.1 Å². The highest BCUT2D eigenvalue weighted by Crippen LogP contribution is 2.30. The molecule has 27 heavy (non-hydrogen) atoms. The highest BCUT2D eigenvalue weighted by Gasteiger charge is 2.34. The second-order valence-corrected chi connectivity index (χ2v) is 7.09. The Balaban J connectivity index is 1.47. The smallest absolute Gasteiger partial charge is 0.261 e. The number of likely N-dealkylation sites (tertiary alicyclic amines) is 1. The van der Waals surface area contributed by atoms with E-state index in [1.165, 1.54) is 18.7 Å². The summed E-state index contributed by atoms with van der Waals surface area (Å²) in [6.45, 7) is 1.27. The van der Waals surface area contributed by atoms with E-state index in [9.17, 15) is 19.5 Å². The number of carbonyl (C=O) groups is 3. The van der Waals surface area contributed by atoms with Crippen LogP contribution >= 0.6 is 0 Å². The maximum Gasteiger partial charge on any atom is 0.261 e. The van der Waals surface area contributed by atoms with E-state index in [1.54, 1.807) is 29.2 Å². The number of phenolic OH excluding ortho intramolecular Hbond substituents is 1. The molecule has 0 aliphatic carbocycles. The molecule has 2 heterocycles. The number of phenols is 1. The minimum atomic E-state index is -0.365. The average molecular weight is 364 g/mol. The lowest BCUT2D eigenvalue weighted by Crippen LogP contribution is -2.38. The third-order valence-corrected chi connectivity index (χ3v) is 5.48. The van der Waals surface area contributed by atoms with Crippen molar-refractivity contribution in [3.05, 3.63) is 64.7 Å². The van der Waals surface area contributed by atoms with E-state index in [4.69, 9.17) is 0 Å². The summed E-state index contributed by atoms with van der Waals surface area (Å²) >= 11 is 0. The van der Waals surface area contributed by atoms with Crippen LogP contribution in [0.5, 0.6) is 5.75 Å². The van der Waals surface area contributed by atoms with E-state index in [0.29, 0.717) is 35.7 Å². The first-order valence-corrected chi connectivity index (χ1v) is 9.00. The molecule has 0 saturated carbocycles. The third kappa shape index (κ3) is 2.97. The molecule has 2 aliphatic heterocycles. The molecule has 6 heteroatoms. The van der Waals surface area contributed by atoms with Gasteiger partial charge in [-0.05, 0) is 54.7 Å². The molecule has 138 valence electrons. The Morgan fingerprint density at radius 2 is 1.59 bits per heavy atom. The van der Waals surface area contributed by atoms with Crippen molar-refractivity contribution in [3.63, 3.8) is 0 Å². The van der Waals surface area contributed by atoms with Crippen molar-refractivity contribution in [2.24, 2.45) is 0 Å². The zero-order chi connectivity index (χ0) is 19.1. The predicted molar refractivity (Wildman–Crippen MR) is 98.9 cm³/mol. The van der Waals surface area contributed by atoms with Gasteiger partial charge in [0, 0.05) is 25.7 Å². The number of hydrogen-bond acceptors (Lipinski definition) is 4. The second-order valence-electron chi connectivity index (χ2n) is 7.09. The summed E-state index contributed by atoms with van der Waals surface area (Å²) in [5.41, 5.74) is 2.26. The van der Waals surface area contributed by atoms with Crippen LogP contribution in [0.4, 0.5) is 0 Å². The van der Waals surface area contributed by atoms with E-state index in [-0.39, 0.29) is 23.5 Å². The Kier molecular flexibility index (Phi) is 4.18. The molecule has 0 atom stereocenters. The number of amides is 3. The number of piperidine rings is 1. The largest absolute Gasteiger partial charge is 0.508 e. The van der Waals surface area contributed by atoms with Crippen molar-refractivity contribution in [3.8, 4) is 5.75 Å². The Bertz CT molecular complexity index is 928. The SMILES string of the molecule is CN1C(=O)c2ccc(C(=O)N3CCC(c4ccc(O)cc4)CC3)cc2C1=O. The van der Waals surface area contributed by atoms with Crippen LogP contribution < -0.4 is 0 Å². The monoisotopic (exact) mass is 364 g/mol. The lowest BCUT2D eigenvalue weighted by molar-refractivity contribution is 0.0690. The topological polar surface area (TPSA) is 77.9 Å². The molecular formula is C21H20N2O4. The molecule has 1 N–H and O–H groups in total. The van der Waals surface area contributed by atoms with E-state index in [0.717, 1.165) is 17.7 Å². The normalized spacial score (nSPS) is 17.4. The van der Waals surface area contributed by atoms with Crippen molar-refractivity contribution in [2.45, 2.75) is 18.8 Å². The van der Waals surface area contributed by atoms with Gasteiger partial charge < -0.3 is 10.0 Å². The van der Waals surface area contributed by atoms with Gasteiger partial charge in [0.2, 0.25) is 0 Å². The zero-order valence-electron chi connectivity index (χ0n) is 15.0. The number of fused-ring (bicyclic) bond motifs is 1. The van der Waals surface area contributed by atoms with Crippen LogP contribution in [0.15, 0.2) is 42.5 Å². The molecule has 0 unspecified atom stereocenters. The summed E-state index contributed by atoms with van der Waals surface area (Å²) in [6.07, 6.45) is 1.70. The lowest BCUT2D eigenvalue weighted by atomic mass is 9.89. The van der Waals surface area contributed by atoms with Crippen LogP contribution in [-0.4, -0.2) is 52.8 Å². The van der Waals surface area contributed by atoms with Crippen molar-refractivity contribution in [1.82, 2.24) is 9.80 Å². The summed E-state index contributed by atoms with van der Waals surface area (Å²) in [4.78, 5) is 39.8. The summed E-state index contributed by atoms with van der Waals surface area (Å²) in [5, 5.41) is 9.41. The molecule has 0 bridgehead atoms. The quantitative estimate of drug-likeness (QED) is 0.831. The van der Waals surface area contributed by atoms with E-state index < -0.39 is 0 Å². The molecule has 4 rings (SSSR count). The number of benzene rings is 2. The minimum Gasteiger partial charge on any atom is -0.508 e. The summed E-state index contributed by atoms with van der Waals surface area (Å²) < 4.78 is 0. The molecule has 6 nitrogen and oxygen atoms in total. The van der Waals surface area contributed by atoms with Crippen molar-refractivity contribution in [2.75, 3.05) is 20.1 Å². The van der Waals surface area contributed by atoms with E-state index in [2.05, 4.69) is 0 Å². The molecule has 0 radical (unpaired) electrons. The van der Waals surface area contributed by atoms with Crippen molar-refractivity contribution >= 4 is 17.7 Å². The molecular weight excluding hydrogens is 344 g/mol. The van der Waals surface area contributed by atoms with E-state index >= 15 is 0 Å². The molecule has 1 saturated heterocycles. The summed E-state index contributed by atoms with van der Waals surface area (Å²) in [5.74, 6) is -0.194. The predicted octanol–water partition coefficient (Wildman–Crippen LogP) is 2.64. The van der Waals surface area contributed by atoms with Gasteiger partial charge in [0.05, 0.1) is 11.1 Å². The third-order valence-electron chi connectivity index (χ3n) is 5.48. The molecule has 3 amide bonds. The van der Waals surface area contributed by atoms with Crippen LogP contribution in [-0.2, 0) is 0 Å². The number of rotatable bonds is 2. The van der Waals surface area contributed by atoms with Crippen LogP contribution in [0.3, 0.4) is 0 Å². The molecule has 0 spiro atoms. The van der Waals surface area contributed by atoms with Crippen LogP contribution in [0, 0.1) is 0 Å². The van der Waals surface area contributed by atoms with Gasteiger partial charge in [-0.15, -0.1) is 0 Å². The molecule has 1 fully saturated rings. The van der Waals surface area contributed by atoms with Crippen molar-refractivity contribution in [1.29, 1.82) is 0 Å². The minimum absolute atomic E-state index is 0.114. The second kappa shape index (κ2) is 6.54. The number of imide groups is 1. The lowest BCUT2D eigenvalue weighted by Gasteiger charge is -2.32. The Morgan fingerprint density at radius 3 is 2.26 bits per heavy atom. The van der Waals surface area contributed by atoms with Gasteiger partial charge >= 0.3 is 0 Å². The highest BCUT2D eigenvalue weighted by molar-refractivity contribution is 6.21. The first-order valence-electron chi connectivity index (χ1n) is 9.00. The van der Waals surface area contributed by atoms with Gasteiger partial charge in [-0.2, -0.15) is 0 Å². The molecule has 0 aromatic heterocycles. The van der Waals surface area contributed by atoms with Gasteiger partial charge in [0.25, 0.3) is 17.7 Å². The molecule has 2 aromatic rings. The first-order chi connectivity index (χ1) is 13.0. The van der Waals surface area contributed by atoms with Crippen molar-refractivity contribution < 1.29 is 19.5 Å². The Hall–Kier alpha value is -3.15. The fourth-order valence-corrected chi connectivity index (χ4v) is 3.84. The van der Waals surface area contributed by atoms with Gasteiger partial charge in [-0.3, -0.25) is 19.3 Å². The average Bonchev–Trinajstić information content (AvgIpc) is 2.92. The fourth-order valence-electron chi connectivity index (χ4n) is 3.84. The van der Waals surface area contributed by atoms with Crippen LogP contribution in [0.2, 0.25) is 0 Å². The van der Waals surface area contributed by atoms with Crippen LogP contribution in [0.1, 0.15) is 55.4 Å². The highest BCUT2D eigenvalue weighted by atomic mass is 16.3. The van der Waals surface area contributed by atoms with Gasteiger partial charge in [0.1, 0.15) is 5.75 Å². The molecule has 2 aliphatic rings. The summed E-state index contributed by atoms with van der Waals surface area (Å²) in [6, 6.07) is 12.0. The van der Waals surface area contributed by atoms with Gasteiger partial charge in [-0.1, -0.05) is 12.1 Å². The Labute approximate surface area is 157 Å². The number of aromatic hydroxyl groups is 1. The maximum absolute atomic E-state index is 12.8. The number of hydrogen-bond donors (Lipinski definition) is 1. The van der Waals surface area contributed by atoms with Gasteiger partial charge in [-0.25, -0.2) is 0 Å². The van der Waals surface area contributed by atoms with Crippen LogP contribution in [0.25, 0.3) is 0 Å². The van der Waals surface area contributed by atoms with Gasteiger partial charge in [0.15, 0.2) is 0 Å².